The van der Waals surface area contributed by atoms with Crippen molar-refractivity contribution < 1.29 is 17.3 Å². The maximum atomic E-state index is 12.1. The van der Waals surface area contributed by atoms with Crippen LogP contribution in [0.15, 0.2) is 59.5 Å². The molecule has 0 aliphatic heterocycles. The summed E-state index contributed by atoms with van der Waals surface area (Å²) in [6.45, 7) is 5.83. The Labute approximate surface area is 125 Å². The van der Waals surface area contributed by atoms with Crippen LogP contribution in [-0.4, -0.2) is 14.0 Å². The molecule has 0 aromatic heterocycles. The lowest BCUT2D eigenvalue weighted by molar-refractivity contribution is 0.131. The topological polar surface area (TPSA) is 52.6 Å². The highest BCUT2D eigenvalue weighted by molar-refractivity contribution is 7.87. The highest BCUT2D eigenvalue weighted by Gasteiger charge is 2.16. The zero-order valence-electron chi connectivity index (χ0n) is 12.2. The van der Waals surface area contributed by atoms with Crippen molar-refractivity contribution in [2.45, 2.75) is 31.3 Å². The maximum absolute atomic E-state index is 12.1. The lowest BCUT2D eigenvalue weighted by Crippen LogP contribution is -2.22. The summed E-state index contributed by atoms with van der Waals surface area (Å²) in [6.07, 6.45) is 0. The van der Waals surface area contributed by atoms with Crippen molar-refractivity contribution in [1.29, 1.82) is 0 Å². The summed E-state index contributed by atoms with van der Waals surface area (Å²) in [6, 6.07) is 14.5. The minimum Gasteiger partial charge on any atom is -0.488 e. The van der Waals surface area contributed by atoms with Gasteiger partial charge in [-0.25, -0.2) is 0 Å². The second kappa shape index (κ2) is 5.77. The number of ether oxygens (including phenoxy) is 1. The van der Waals surface area contributed by atoms with E-state index in [0.717, 1.165) is 0 Å². The van der Waals surface area contributed by atoms with Crippen molar-refractivity contribution in [3.8, 4) is 11.5 Å². The van der Waals surface area contributed by atoms with Gasteiger partial charge in [0.05, 0.1) is 0 Å². The third-order valence-corrected chi connectivity index (χ3v) is 3.75. The van der Waals surface area contributed by atoms with E-state index in [2.05, 4.69) is 0 Å². The molecule has 0 atom stereocenters. The second-order valence-electron chi connectivity index (χ2n) is 5.54. The first-order valence-electron chi connectivity index (χ1n) is 6.55. The molecule has 0 fully saturated rings. The van der Waals surface area contributed by atoms with E-state index in [1.807, 2.05) is 20.8 Å². The SMILES string of the molecule is CC(C)(C)Oc1ccc(OS(=O)(=O)c2ccccc2)cc1. The standard InChI is InChI=1S/C16H18O4S/c1-16(2,3)19-13-9-11-14(12-10-13)20-21(17,18)15-7-5-4-6-8-15/h4-12H,1-3H3. The van der Waals surface area contributed by atoms with Crippen LogP contribution in [0.4, 0.5) is 0 Å². The molecular weight excluding hydrogens is 288 g/mol. The third kappa shape index (κ3) is 4.49. The summed E-state index contributed by atoms with van der Waals surface area (Å²) in [5, 5.41) is 0. The Balaban J connectivity index is 2.14. The van der Waals surface area contributed by atoms with E-state index in [1.54, 1.807) is 42.5 Å². The zero-order valence-corrected chi connectivity index (χ0v) is 13.1. The molecule has 112 valence electrons. The van der Waals surface area contributed by atoms with E-state index in [9.17, 15) is 8.42 Å². The van der Waals surface area contributed by atoms with Crippen LogP contribution < -0.4 is 8.92 Å². The van der Waals surface area contributed by atoms with Crippen molar-refractivity contribution in [3.05, 3.63) is 54.6 Å². The summed E-state index contributed by atoms with van der Waals surface area (Å²) in [7, 11) is -3.80. The van der Waals surface area contributed by atoms with Gasteiger partial charge in [0.1, 0.15) is 22.0 Å². The average Bonchev–Trinajstić information content (AvgIpc) is 2.40. The van der Waals surface area contributed by atoms with Crippen LogP contribution >= 0.6 is 0 Å². The van der Waals surface area contributed by atoms with Crippen LogP contribution in [0.25, 0.3) is 0 Å². The van der Waals surface area contributed by atoms with Gasteiger partial charge in [-0.05, 0) is 57.2 Å². The molecule has 5 heteroatoms. The molecule has 2 aromatic carbocycles. The zero-order chi connectivity index (χ0) is 15.5. The summed E-state index contributed by atoms with van der Waals surface area (Å²) in [4.78, 5) is 0.125. The van der Waals surface area contributed by atoms with Gasteiger partial charge in [0.2, 0.25) is 0 Å². The van der Waals surface area contributed by atoms with Gasteiger partial charge in [-0.1, -0.05) is 18.2 Å². The highest BCUT2D eigenvalue weighted by Crippen LogP contribution is 2.24. The molecule has 21 heavy (non-hydrogen) atoms. The normalized spacial score (nSPS) is 12.0. The molecule has 0 N–H and O–H groups in total. The number of hydrogen-bond acceptors (Lipinski definition) is 4. The van der Waals surface area contributed by atoms with Crippen LogP contribution in [0.2, 0.25) is 0 Å². The lowest BCUT2D eigenvalue weighted by atomic mass is 10.2. The number of rotatable bonds is 4. The summed E-state index contributed by atoms with van der Waals surface area (Å²) < 4.78 is 34.9. The third-order valence-electron chi connectivity index (χ3n) is 2.49. The molecule has 2 rings (SSSR count). The molecule has 0 saturated carbocycles. The first-order valence-corrected chi connectivity index (χ1v) is 7.96. The molecule has 0 radical (unpaired) electrons. The Hall–Kier alpha value is -2.01. The van der Waals surface area contributed by atoms with E-state index >= 15 is 0 Å². The molecule has 2 aromatic rings. The fraction of sp³-hybridized carbons (Fsp3) is 0.250. The van der Waals surface area contributed by atoms with Crippen molar-refractivity contribution >= 4 is 10.1 Å². The predicted molar refractivity (Wildman–Crippen MR) is 81.1 cm³/mol. The quantitative estimate of drug-likeness (QED) is 0.809. The van der Waals surface area contributed by atoms with E-state index < -0.39 is 10.1 Å². The minimum atomic E-state index is -3.80. The Kier molecular flexibility index (Phi) is 4.23. The number of benzene rings is 2. The Morgan fingerprint density at radius 3 is 1.86 bits per heavy atom. The molecule has 0 bridgehead atoms. The highest BCUT2D eigenvalue weighted by atomic mass is 32.2. The van der Waals surface area contributed by atoms with E-state index in [1.165, 1.54) is 12.1 Å². The smallest absolute Gasteiger partial charge is 0.339 e. The summed E-state index contributed by atoms with van der Waals surface area (Å²) in [5.74, 6) is 0.909. The molecular formula is C16H18O4S. The van der Waals surface area contributed by atoms with Crippen molar-refractivity contribution in [2.24, 2.45) is 0 Å². The van der Waals surface area contributed by atoms with E-state index in [4.69, 9.17) is 8.92 Å². The Morgan fingerprint density at radius 2 is 1.33 bits per heavy atom. The first kappa shape index (κ1) is 15.4. The molecule has 0 spiro atoms. The lowest BCUT2D eigenvalue weighted by Gasteiger charge is -2.21. The van der Waals surface area contributed by atoms with Gasteiger partial charge in [0.15, 0.2) is 0 Å². The van der Waals surface area contributed by atoms with Crippen LogP contribution in [0.5, 0.6) is 11.5 Å². The van der Waals surface area contributed by atoms with Crippen LogP contribution in [0.3, 0.4) is 0 Å². The van der Waals surface area contributed by atoms with Gasteiger partial charge < -0.3 is 8.92 Å². The Morgan fingerprint density at radius 1 is 0.810 bits per heavy atom. The minimum absolute atomic E-state index is 0.125. The summed E-state index contributed by atoms with van der Waals surface area (Å²) in [5.41, 5.74) is -0.307. The first-order chi connectivity index (χ1) is 9.76. The molecule has 0 aliphatic carbocycles. The molecule has 0 saturated heterocycles. The van der Waals surface area contributed by atoms with Crippen molar-refractivity contribution in [1.82, 2.24) is 0 Å². The maximum Gasteiger partial charge on any atom is 0.339 e. The fourth-order valence-corrected chi connectivity index (χ4v) is 2.63. The van der Waals surface area contributed by atoms with Gasteiger partial charge in [0.25, 0.3) is 0 Å². The predicted octanol–water partition coefficient (Wildman–Crippen LogP) is 3.63. The van der Waals surface area contributed by atoms with E-state index in [-0.39, 0.29) is 16.2 Å². The van der Waals surface area contributed by atoms with Crippen molar-refractivity contribution in [2.75, 3.05) is 0 Å². The summed E-state index contributed by atoms with van der Waals surface area (Å²) >= 11 is 0. The van der Waals surface area contributed by atoms with Crippen LogP contribution in [0, 0.1) is 0 Å². The molecule has 0 heterocycles. The van der Waals surface area contributed by atoms with Gasteiger partial charge >= 0.3 is 10.1 Å². The van der Waals surface area contributed by atoms with E-state index in [0.29, 0.717) is 5.75 Å². The van der Waals surface area contributed by atoms with Crippen molar-refractivity contribution in [3.63, 3.8) is 0 Å². The monoisotopic (exact) mass is 306 g/mol. The van der Waals surface area contributed by atoms with Gasteiger partial charge in [0, 0.05) is 0 Å². The number of hydrogen-bond donors (Lipinski definition) is 0. The second-order valence-corrected chi connectivity index (χ2v) is 7.08. The van der Waals surface area contributed by atoms with Gasteiger partial charge in [-0.3, -0.25) is 0 Å². The molecule has 0 unspecified atom stereocenters. The fourth-order valence-electron chi connectivity index (χ4n) is 1.68. The molecule has 4 nitrogen and oxygen atoms in total. The molecule has 0 aliphatic rings. The average molecular weight is 306 g/mol. The largest absolute Gasteiger partial charge is 0.488 e. The Bertz CT molecular complexity index is 683. The molecule has 0 amide bonds. The van der Waals surface area contributed by atoms with Gasteiger partial charge in [-0.2, -0.15) is 8.42 Å². The van der Waals surface area contributed by atoms with Gasteiger partial charge in [-0.15, -0.1) is 0 Å². The van der Waals surface area contributed by atoms with Crippen LogP contribution in [-0.2, 0) is 10.1 Å². The van der Waals surface area contributed by atoms with Crippen LogP contribution in [0.1, 0.15) is 20.8 Å².